The zero-order valence-electron chi connectivity index (χ0n) is 15.6. The number of nitrogens with zero attached hydrogens (tertiary/aromatic N) is 1. The summed E-state index contributed by atoms with van der Waals surface area (Å²) in [5.41, 5.74) is 4.10. The van der Waals surface area contributed by atoms with Crippen LogP contribution in [0.1, 0.15) is 50.3 Å². The molecule has 0 amide bonds. The highest BCUT2D eigenvalue weighted by Crippen LogP contribution is 2.48. The van der Waals surface area contributed by atoms with E-state index in [1.165, 1.54) is 16.7 Å². The molecule has 25 heavy (non-hydrogen) atoms. The van der Waals surface area contributed by atoms with Gasteiger partial charge in [0.1, 0.15) is 0 Å². The Morgan fingerprint density at radius 3 is 2.84 bits per heavy atom. The molecular formula is C22H29ClN2. The summed E-state index contributed by atoms with van der Waals surface area (Å²) in [5.74, 6) is 0.372. The highest BCUT2D eigenvalue weighted by atomic mass is 35.5. The number of piperazine rings is 1. The number of fused-ring (bicyclic) bond motifs is 1. The van der Waals surface area contributed by atoms with Gasteiger partial charge < -0.3 is 5.32 Å². The van der Waals surface area contributed by atoms with Crippen molar-refractivity contribution in [3.63, 3.8) is 0 Å². The predicted octanol–water partition coefficient (Wildman–Crippen LogP) is 5.24. The molecular weight excluding hydrogens is 328 g/mol. The van der Waals surface area contributed by atoms with Crippen LogP contribution in [-0.2, 0) is 0 Å². The molecule has 0 bridgehead atoms. The van der Waals surface area contributed by atoms with E-state index in [4.69, 9.17) is 11.6 Å². The fourth-order valence-electron chi connectivity index (χ4n) is 4.18. The molecule has 0 radical (unpaired) electrons. The van der Waals surface area contributed by atoms with Crippen molar-refractivity contribution in [2.45, 2.75) is 44.7 Å². The first-order valence-electron chi connectivity index (χ1n) is 9.18. The van der Waals surface area contributed by atoms with E-state index in [0.717, 1.165) is 31.1 Å². The zero-order valence-corrected chi connectivity index (χ0v) is 16.3. The normalized spacial score (nSPS) is 26.4. The molecule has 0 saturated carbocycles. The molecule has 1 N–H and O–H groups in total. The maximum Gasteiger partial charge on any atom is 0.0409 e. The minimum Gasteiger partial charge on any atom is -0.309 e. The van der Waals surface area contributed by atoms with Crippen LogP contribution in [0.15, 0.2) is 54.7 Å². The van der Waals surface area contributed by atoms with Crippen molar-refractivity contribution in [3.05, 3.63) is 70.8 Å². The van der Waals surface area contributed by atoms with Crippen molar-refractivity contribution in [2.75, 3.05) is 19.6 Å². The van der Waals surface area contributed by atoms with Crippen LogP contribution in [0.25, 0.3) is 0 Å². The van der Waals surface area contributed by atoms with Gasteiger partial charge in [-0.25, -0.2) is 0 Å². The molecule has 2 nitrogen and oxygen atoms in total. The van der Waals surface area contributed by atoms with Crippen molar-refractivity contribution in [1.29, 1.82) is 0 Å². The first kappa shape index (κ1) is 18.4. The molecule has 134 valence electrons. The summed E-state index contributed by atoms with van der Waals surface area (Å²) in [7, 11) is 0. The maximum absolute atomic E-state index is 6.34. The molecule has 2 aliphatic rings. The lowest BCUT2D eigenvalue weighted by atomic mass is 9.93. The Bertz CT molecular complexity index is 702. The van der Waals surface area contributed by atoms with Gasteiger partial charge in [0.05, 0.1) is 0 Å². The molecule has 0 spiro atoms. The summed E-state index contributed by atoms with van der Waals surface area (Å²) < 4.78 is 0. The molecule has 3 rings (SSSR count). The number of allylic oxidation sites excluding steroid dienone is 5. The molecule has 1 aliphatic carbocycles. The van der Waals surface area contributed by atoms with Gasteiger partial charge >= 0.3 is 0 Å². The van der Waals surface area contributed by atoms with Gasteiger partial charge in [-0.1, -0.05) is 48.6 Å². The quantitative estimate of drug-likeness (QED) is 0.742. The lowest BCUT2D eigenvalue weighted by Gasteiger charge is -2.42. The first-order chi connectivity index (χ1) is 11.9. The Balaban J connectivity index is 1.89. The summed E-state index contributed by atoms with van der Waals surface area (Å²) in [6.07, 6.45) is 9.41. The second-order valence-electron chi connectivity index (χ2n) is 7.82. The molecule has 1 aromatic rings. The summed E-state index contributed by atoms with van der Waals surface area (Å²) in [4.78, 5) is 2.62. The molecule has 0 unspecified atom stereocenters. The molecule has 1 heterocycles. The molecule has 1 fully saturated rings. The average molecular weight is 357 g/mol. The Labute approximate surface area is 157 Å². The third kappa shape index (κ3) is 4.08. The van der Waals surface area contributed by atoms with Crippen molar-refractivity contribution in [3.8, 4) is 0 Å². The standard InChI is InChI=1S/C22H29ClN2/c1-5-6-7-8-16(2)19-14-21(20-13-17(23)9-10-18(19)20)25-12-11-24-22(3,4)15-25/h5-10,13,19,21,24H,2,11-12,14-15H2,1,3-4H3/b6-5-,8-7-/t19-,21+/m0/s1. The van der Waals surface area contributed by atoms with E-state index in [0.29, 0.717) is 12.0 Å². The van der Waals surface area contributed by atoms with E-state index >= 15 is 0 Å². The lowest BCUT2D eigenvalue weighted by Crippen LogP contribution is -2.57. The Kier molecular flexibility index (Phi) is 5.52. The number of rotatable bonds is 4. The van der Waals surface area contributed by atoms with Crippen LogP contribution in [0.3, 0.4) is 0 Å². The minimum atomic E-state index is 0.151. The van der Waals surface area contributed by atoms with E-state index in [1.807, 2.05) is 19.1 Å². The van der Waals surface area contributed by atoms with E-state index in [9.17, 15) is 0 Å². The molecule has 2 atom stereocenters. The summed E-state index contributed by atoms with van der Waals surface area (Å²) in [5, 5.41) is 4.44. The van der Waals surface area contributed by atoms with Crippen LogP contribution >= 0.6 is 11.6 Å². The first-order valence-corrected chi connectivity index (χ1v) is 9.55. The highest BCUT2D eigenvalue weighted by Gasteiger charge is 2.38. The van der Waals surface area contributed by atoms with Gasteiger partial charge in [-0.3, -0.25) is 4.90 Å². The molecule has 1 aliphatic heterocycles. The van der Waals surface area contributed by atoms with Crippen LogP contribution in [0.4, 0.5) is 0 Å². The van der Waals surface area contributed by atoms with Gasteiger partial charge in [-0.05, 0) is 56.0 Å². The summed E-state index contributed by atoms with van der Waals surface area (Å²) in [6, 6.07) is 6.80. The van der Waals surface area contributed by atoms with Gasteiger partial charge in [0.2, 0.25) is 0 Å². The third-order valence-corrected chi connectivity index (χ3v) is 5.58. The van der Waals surface area contributed by atoms with E-state index in [1.54, 1.807) is 0 Å². The summed E-state index contributed by atoms with van der Waals surface area (Å²) in [6.45, 7) is 14.1. The largest absolute Gasteiger partial charge is 0.309 e. The van der Waals surface area contributed by atoms with Crippen LogP contribution in [0.5, 0.6) is 0 Å². The van der Waals surface area contributed by atoms with Crippen molar-refractivity contribution in [1.82, 2.24) is 10.2 Å². The fraction of sp³-hybridized carbons (Fsp3) is 0.455. The molecule has 1 aromatic carbocycles. The van der Waals surface area contributed by atoms with Gasteiger partial charge in [0, 0.05) is 42.2 Å². The number of hydrogen-bond donors (Lipinski definition) is 1. The predicted molar refractivity (Wildman–Crippen MR) is 108 cm³/mol. The average Bonchev–Trinajstić information content (AvgIpc) is 2.92. The Morgan fingerprint density at radius 1 is 1.32 bits per heavy atom. The minimum absolute atomic E-state index is 0.151. The number of halogens is 1. The van der Waals surface area contributed by atoms with Gasteiger partial charge in [0.25, 0.3) is 0 Å². The molecule has 1 saturated heterocycles. The number of benzene rings is 1. The van der Waals surface area contributed by atoms with Crippen LogP contribution in [0, 0.1) is 0 Å². The Hall–Kier alpha value is -1.35. The second-order valence-corrected chi connectivity index (χ2v) is 8.25. The van der Waals surface area contributed by atoms with E-state index < -0.39 is 0 Å². The second kappa shape index (κ2) is 7.49. The zero-order chi connectivity index (χ0) is 18.0. The smallest absolute Gasteiger partial charge is 0.0409 e. The van der Waals surface area contributed by atoms with Gasteiger partial charge in [0.15, 0.2) is 0 Å². The van der Waals surface area contributed by atoms with E-state index in [-0.39, 0.29) is 5.54 Å². The SMILES string of the molecule is C=C(/C=C\C=C/C)[C@@H]1C[C@@H](N2CCNC(C)(C)C2)c2cc(Cl)ccc21. The third-order valence-electron chi connectivity index (χ3n) is 5.35. The number of hydrogen-bond acceptors (Lipinski definition) is 2. The van der Waals surface area contributed by atoms with Crippen molar-refractivity contribution >= 4 is 11.6 Å². The van der Waals surface area contributed by atoms with Crippen LogP contribution in [-0.4, -0.2) is 30.1 Å². The lowest BCUT2D eigenvalue weighted by molar-refractivity contribution is 0.107. The monoisotopic (exact) mass is 356 g/mol. The molecule has 3 heteroatoms. The topological polar surface area (TPSA) is 15.3 Å². The number of nitrogens with one attached hydrogen (secondary N) is 1. The highest BCUT2D eigenvalue weighted by molar-refractivity contribution is 6.30. The van der Waals surface area contributed by atoms with Crippen LogP contribution < -0.4 is 5.32 Å². The maximum atomic E-state index is 6.34. The Morgan fingerprint density at radius 2 is 2.12 bits per heavy atom. The van der Waals surface area contributed by atoms with E-state index in [2.05, 4.69) is 61.0 Å². The van der Waals surface area contributed by atoms with Gasteiger partial charge in [-0.15, -0.1) is 0 Å². The fourth-order valence-corrected chi connectivity index (χ4v) is 4.36. The van der Waals surface area contributed by atoms with Crippen molar-refractivity contribution in [2.24, 2.45) is 0 Å². The summed E-state index contributed by atoms with van der Waals surface area (Å²) >= 11 is 6.34. The van der Waals surface area contributed by atoms with Gasteiger partial charge in [-0.2, -0.15) is 0 Å². The molecule has 0 aromatic heterocycles. The van der Waals surface area contributed by atoms with Crippen LogP contribution in [0.2, 0.25) is 5.02 Å². The van der Waals surface area contributed by atoms with Crippen molar-refractivity contribution < 1.29 is 0 Å².